The number of aliphatic hydroxyl groups is 1. The van der Waals surface area contributed by atoms with Gasteiger partial charge in [-0.25, -0.2) is 4.98 Å². The van der Waals surface area contributed by atoms with Crippen LogP contribution in [0.5, 0.6) is 5.75 Å². The van der Waals surface area contributed by atoms with Gasteiger partial charge in [0.05, 0.1) is 27.8 Å². The summed E-state index contributed by atoms with van der Waals surface area (Å²) in [6.07, 6.45) is 2.16. The van der Waals surface area contributed by atoms with E-state index in [1.54, 1.807) is 18.2 Å². The zero-order valence-electron chi connectivity index (χ0n) is 25.4. The van der Waals surface area contributed by atoms with Crippen LogP contribution >= 0.6 is 0 Å². The Hall–Kier alpha value is -4.48. The van der Waals surface area contributed by atoms with Gasteiger partial charge in [0.1, 0.15) is 29.8 Å². The molecule has 4 heterocycles. The van der Waals surface area contributed by atoms with Gasteiger partial charge in [-0.15, -0.1) is 0 Å². The number of pyridine rings is 1. The summed E-state index contributed by atoms with van der Waals surface area (Å²) in [4.78, 5) is 53.7. The predicted molar refractivity (Wildman–Crippen MR) is 168 cm³/mol. The second kappa shape index (κ2) is 11.5. The SMILES string of the molecule is CN1CCC(N2C(=O)c3cc4nc(-c5c(NCC(O)COc6cccc(C(C)(C)C)c6)cc[nH]c5=O)[nH]c4cc3C2=O)CC1. The normalized spacial score (nSPS) is 16.9. The van der Waals surface area contributed by atoms with Gasteiger partial charge in [0, 0.05) is 18.8 Å². The fourth-order valence-electron chi connectivity index (χ4n) is 5.86. The van der Waals surface area contributed by atoms with Gasteiger partial charge in [-0.05, 0) is 74.3 Å². The van der Waals surface area contributed by atoms with Gasteiger partial charge in [-0.2, -0.15) is 0 Å². The third-order valence-electron chi connectivity index (χ3n) is 8.44. The van der Waals surface area contributed by atoms with Crippen LogP contribution in [-0.2, 0) is 5.41 Å². The fourth-order valence-corrected chi connectivity index (χ4v) is 5.86. The van der Waals surface area contributed by atoms with Gasteiger partial charge in [0.25, 0.3) is 17.4 Å². The highest BCUT2D eigenvalue weighted by Gasteiger charge is 2.41. The molecule has 2 aliphatic rings. The van der Waals surface area contributed by atoms with Crippen molar-refractivity contribution in [1.82, 2.24) is 24.8 Å². The number of aromatic amines is 2. The molecule has 4 aromatic rings. The topological polar surface area (TPSA) is 144 Å². The van der Waals surface area contributed by atoms with E-state index in [1.807, 2.05) is 31.3 Å². The fraction of sp³-hybridized carbons (Fsp3) is 0.394. The van der Waals surface area contributed by atoms with E-state index in [-0.39, 0.29) is 53.4 Å². The van der Waals surface area contributed by atoms with Crippen LogP contribution in [0.2, 0.25) is 0 Å². The van der Waals surface area contributed by atoms with Crippen molar-refractivity contribution in [1.29, 1.82) is 0 Å². The number of H-pyrrole nitrogens is 2. The third-order valence-corrected chi connectivity index (χ3v) is 8.44. The number of benzene rings is 2. The summed E-state index contributed by atoms with van der Waals surface area (Å²) in [5.74, 6) is 0.366. The number of ether oxygens (including phenoxy) is 1. The molecule has 1 fully saturated rings. The maximum Gasteiger partial charge on any atom is 0.261 e. The highest BCUT2D eigenvalue weighted by Crippen LogP contribution is 2.33. The molecule has 4 N–H and O–H groups in total. The first kappa shape index (κ1) is 29.6. The van der Waals surface area contributed by atoms with Crippen molar-refractivity contribution in [2.75, 3.05) is 38.6 Å². The summed E-state index contributed by atoms with van der Waals surface area (Å²) in [7, 11) is 2.04. The van der Waals surface area contributed by atoms with Gasteiger partial charge in [0.15, 0.2) is 0 Å². The number of carbonyl (C=O) groups is 2. The molecule has 44 heavy (non-hydrogen) atoms. The van der Waals surface area contributed by atoms with Gasteiger partial charge >= 0.3 is 0 Å². The zero-order valence-corrected chi connectivity index (χ0v) is 25.4. The lowest BCUT2D eigenvalue weighted by Crippen LogP contribution is -2.46. The number of hydrogen-bond acceptors (Lipinski definition) is 8. The molecule has 11 nitrogen and oxygen atoms in total. The number of imidazole rings is 1. The number of carbonyl (C=O) groups excluding carboxylic acids is 2. The smallest absolute Gasteiger partial charge is 0.261 e. The van der Waals surface area contributed by atoms with Crippen LogP contribution in [0.25, 0.3) is 22.4 Å². The first-order valence-corrected chi connectivity index (χ1v) is 15.0. The monoisotopic (exact) mass is 598 g/mol. The largest absolute Gasteiger partial charge is 0.491 e. The van der Waals surface area contributed by atoms with Crippen LogP contribution in [0, 0.1) is 0 Å². The number of anilines is 1. The summed E-state index contributed by atoms with van der Waals surface area (Å²) in [6.45, 7) is 8.24. The lowest BCUT2D eigenvalue weighted by Gasteiger charge is -2.33. The van der Waals surface area contributed by atoms with Crippen molar-refractivity contribution >= 4 is 28.5 Å². The molecule has 230 valence electrons. The number of hydrogen-bond donors (Lipinski definition) is 4. The second-order valence-corrected chi connectivity index (χ2v) is 12.7. The highest BCUT2D eigenvalue weighted by molar-refractivity contribution is 6.23. The number of rotatable bonds is 8. The third kappa shape index (κ3) is 5.72. The van der Waals surface area contributed by atoms with E-state index in [1.165, 1.54) is 11.1 Å². The molecule has 1 saturated heterocycles. The molecular formula is C33H38N6O5. The average molecular weight is 599 g/mol. The first-order valence-electron chi connectivity index (χ1n) is 15.0. The lowest BCUT2D eigenvalue weighted by atomic mass is 9.87. The van der Waals surface area contributed by atoms with E-state index in [0.29, 0.717) is 33.6 Å². The average Bonchev–Trinajstić information content (AvgIpc) is 3.51. The van der Waals surface area contributed by atoms with E-state index in [2.05, 4.69) is 45.9 Å². The number of piperidine rings is 1. The zero-order chi connectivity index (χ0) is 31.2. The van der Waals surface area contributed by atoms with Crippen molar-refractivity contribution in [2.45, 2.75) is 51.2 Å². The van der Waals surface area contributed by atoms with Crippen LogP contribution < -0.4 is 15.6 Å². The van der Waals surface area contributed by atoms with Crippen LogP contribution in [0.15, 0.2) is 53.5 Å². The molecule has 0 spiro atoms. The molecule has 0 radical (unpaired) electrons. The molecule has 0 aliphatic carbocycles. The molecule has 2 aliphatic heterocycles. The second-order valence-electron chi connectivity index (χ2n) is 12.7. The maximum absolute atomic E-state index is 13.3. The van der Waals surface area contributed by atoms with Crippen LogP contribution in [0.1, 0.15) is 59.9 Å². The Bertz CT molecular complexity index is 1730. The molecule has 1 atom stereocenters. The highest BCUT2D eigenvalue weighted by atomic mass is 16.5. The summed E-state index contributed by atoms with van der Waals surface area (Å²) in [5, 5.41) is 13.8. The number of fused-ring (bicyclic) bond motifs is 2. The molecule has 0 saturated carbocycles. The summed E-state index contributed by atoms with van der Waals surface area (Å²) in [6, 6.07) is 12.7. The van der Waals surface area contributed by atoms with Crippen molar-refractivity contribution in [3.63, 3.8) is 0 Å². The lowest BCUT2D eigenvalue weighted by molar-refractivity contribution is 0.0516. The number of aliphatic hydroxyl groups excluding tert-OH is 1. The van der Waals surface area contributed by atoms with Gasteiger partial charge < -0.3 is 30.0 Å². The Labute approximate surface area is 255 Å². The Morgan fingerprint density at radius 3 is 2.52 bits per heavy atom. The summed E-state index contributed by atoms with van der Waals surface area (Å²) < 4.78 is 5.84. The number of imide groups is 1. The molecule has 11 heteroatoms. The van der Waals surface area contributed by atoms with Crippen molar-refractivity contribution in [3.8, 4) is 17.1 Å². The van der Waals surface area contributed by atoms with E-state index in [4.69, 9.17) is 4.74 Å². The number of aromatic nitrogens is 3. The molecule has 6 rings (SSSR count). The molecular weight excluding hydrogens is 560 g/mol. The number of amides is 2. The summed E-state index contributed by atoms with van der Waals surface area (Å²) in [5.41, 5.74) is 3.14. The number of likely N-dealkylation sites (tertiary alicyclic amines) is 1. The minimum atomic E-state index is -0.858. The maximum atomic E-state index is 13.3. The van der Waals surface area contributed by atoms with E-state index in [9.17, 15) is 19.5 Å². The number of nitrogens with zero attached hydrogens (tertiary/aromatic N) is 3. The van der Waals surface area contributed by atoms with Crippen LogP contribution in [0.4, 0.5) is 5.69 Å². The Morgan fingerprint density at radius 1 is 1.07 bits per heavy atom. The Morgan fingerprint density at radius 2 is 1.80 bits per heavy atom. The van der Waals surface area contributed by atoms with Gasteiger partial charge in [-0.1, -0.05) is 32.9 Å². The van der Waals surface area contributed by atoms with Crippen molar-refractivity contribution in [2.24, 2.45) is 0 Å². The van der Waals surface area contributed by atoms with Gasteiger partial charge in [-0.3, -0.25) is 19.3 Å². The predicted octanol–water partition coefficient (Wildman–Crippen LogP) is 3.76. The van der Waals surface area contributed by atoms with Crippen molar-refractivity contribution in [3.05, 3.63) is 75.7 Å². The molecule has 0 bridgehead atoms. The van der Waals surface area contributed by atoms with Crippen molar-refractivity contribution < 1.29 is 19.4 Å². The van der Waals surface area contributed by atoms with E-state index in [0.717, 1.165) is 31.5 Å². The number of nitrogens with one attached hydrogen (secondary N) is 3. The molecule has 1 unspecified atom stereocenters. The first-order chi connectivity index (χ1) is 21.0. The molecule has 2 aromatic heterocycles. The van der Waals surface area contributed by atoms with Gasteiger partial charge in [0.2, 0.25) is 0 Å². The molecule has 2 amide bonds. The Kier molecular flexibility index (Phi) is 7.77. The van der Waals surface area contributed by atoms with Crippen LogP contribution in [0.3, 0.4) is 0 Å². The van der Waals surface area contributed by atoms with E-state index < -0.39 is 6.10 Å². The minimum Gasteiger partial charge on any atom is -0.491 e. The molecule has 2 aromatic carbocycles. The quantitative estimate of drug-likeness (QED) is 0.225. The Balaban J connectivity index is 1.18. The van der Waals surface area contributed by atoms with E-state index >= 15 is 0 Å². The summed E-state index contributed by atoms with van der Waals surface area (Å²) >= 11 is 0. The standard InChI is InChI=1S/C33H38N6O5/c1-33(2,3)19-6-5-7-22(14-19)44-18-21(40)17-35-25-8-11-34-30(41)28(25)29-36-26-15-23-24(16-27(26)37-29)32(43)39(31(23)42)20-9-12-38(4)13-10-20/h5-8,11,14-16,20-21,40H,9-10,12-13,17-18H2,1-4H3,(H,36,37)(H2,34,35,41). The minimum absolute atomic E-state index is 0.0229. The van der Waals surface area contributed by atoms with Crippen LogP contribution in [-0.4, -0.2) is 87.1 Å².